The SMILES string of the molecule is CCSC1OC(COC(=O)c2ccccc2)C(OC2OC3COC(c4ccccc4)OC3[C@H](OC(=O)c3ccccc3)[C@@H]2OC(=O)c2ccccc2)[C@H](OC(=O)c2ccccc2)[C@@H]1OC(=O)c1ccccc1. The molecule has 0 amide bonds. The summed E-state index contributed by atoms with van der Waals surface area (Å²) in [5.41, 5.74) is 0.568. The molecule has 15 nitrogen and oxygen atoms in total. The zero-order chi connectivity index (χ0) is 49.8. The van der Waals surface area contributed by atoms with E-state index in [1.165, 1.54) is 11.8 Å². The van der Waals surface area contributed by atoms with E-state index in [9.17, 15) is 24.0 Å². The predicted molar refractivity (Wildman–Crippen MR) is 260 cm³/mol. The Morgan fingerprint density at radius 3 is 1.36 bits per heavy atom. The first-order valence-electron chi connectivity index (χ1n) is 23.4. The number of ether oxygens (including phenoxy) is 10. The summed E-state index contributed by atoms with van der Waals surface area (Å²) < 4.78 is 64.6. The number of benzene rings is 6. The third-order valence-corrected chi connectivity index (χ3v) is 13.0. The van der Waals surface area contributed by atoms with Gasteiger partial charge in [0.1, 0.15) is 36.5 Å². The van der Waals surface area contributed by atoms with Gasteiger partial charge in [-0.05, 0) is 66.4 Å². The van der Waals surface area contributed by atoms with Crippen molar-refractivity contribution in [2.45, 2.75) is 73.8 Å². The number of fused-ring (bicyclic) bond motifs is 1. The second-order valence-corrected chi connectivity index (χ2v) is 18.1. The number of carbonyl (C=O) groups excluding carboxylic acids is 5. The maximum absolute atomic E-state index is 14.3. The molecule has 0 bridgehead atoms. The van der Waals surface area contributed by atoms with Gasteiger partial charge in [0.15, 0.2) is 37.0 Å². The van der Waals surface area contributed by atoms with Gasteiger partial charge < -0.3 is 47.4 Å². The van der Waals surface area contributed by atoms with Crippen molar-refractivity contribution in [2.75, 3.05) is 19.0 Å². The van der Waals surface area contributed by atoms with Gasteiger partial charge in [0.25, 0.3) is 0 Å². The normalized spacial score (nSPS) is 25.7. The Bertz CT molecular complexity index is 2740. The van der Waals surface area contributed by atoms with Crippen LogP contribution >= 0.6 is 11.8 Å². The summed E-state index contributed by atoms with van der Waals surface area (Å²) in [7, 11) is 0. The van der Waals surface area contributed by atoms with Crippen molar-refractivity contribution in [2.24, 2.45) is 0 Å². The van der Waals surface area contributed by atoms with E-state index in [0.29, 0.717) is 11.3 Å². The quantitative estimate of drug-likeness (QED) is 0.0666. The van der Waals surface area contributed by atoms with Crippen LogP contribution in [-0.2, 0) is 47.4 Å². The van der Waals surface area contributed by atoms with Crippen LogP contribution in [0.25, 0.3) is 0 Å². The zero-order valence-corrected chi connectivity index (χ0v) is 39.6. The molecular formula is C56H50O15S. The Morgan fingerprint density at radius 1 is 0.472 bits per heavy atom. The maximum atomic E-state index is 14.3. The summed E-state index contributed by atoms with van der Waals surface area (Å²) in [6, 6.07) is 50.2. The largest absolute Gasteiger partial charge is 0.459 e. The third-order valence-electron chi connectivity index (χ3n) is 12.0. The van der Waals surface area contributed by atoms with Gasteiger partial charge in [-0.15, -0.1) is 11.8 Å². The Hall–Kier alpha value is -7.18. The van der Waals surface area contributed by atoms with E-state index in [1.54, 1.807) is 152 Å². The highest BCUT2D eigenvalue weighted by Crippen LogP contribution is 2.41. The van der Waals surface area contributed by atoms with Crippen molar-refractivity contribution in [1.29, 1.82) is 0 Å². The van der Waals surface area contributed by atoms with Crippen molar-refractivity contribution in [1.82, 2.24) is 0 Å². The van der Waals surface area contributed by atoms with Crippen LogP contribution in [0.3, 0.4) is 0 Å². The van der Waals surface area contributed by atoms with E-state index < -0.39 is 103 Å². The van der Waals surface area contributed by atoms with Crippen molar-refractivity contribution in [3.05, 3.63) is 215 Å². The van der Waals surface area contributed by atoms with Crippen molar-refractivity contribution >= 4 is 41.6 Å². The molecule has 9 rings (SSSR count). The van der Waals surface area contributed by atoms with Crippen LogP contribution in [0.2, 0.25) is 0 Å². The number of esters is 5. The summed E-state index contributed by atoms with van der Waals surface area (Å²) >= 11 is 1.25. The standard InChI is InChI=1S/C56H50O15S/c1-2-72-56-48(69-53(61)39-29-17-7-18-30-39)46(67-51(59)37-25-13-5-14-26-37)44(42(65-56)33-62-49(57)35-21-9-3-10-22-35)71-55-47(68-52(60)38-27-15-6-16-28-38)45(66-50(58)36-23-11-4-12-24-36)43-41(64-55)34-63-54(70-43)40-31-19-8-20-32-40/h3-32,41-48,54-56H,2,33-34H2,1H3/t41?,42?,43?,44?,45-,46-,47-,48-,54?,55?,56?/m0/s1. The monoisotopic (exact) mass is 994 g/mol. The van der Waals surface area contributed by atoms with Crippen LogP contribution in [0.4, 0.5) is 0 Å². The lowest BCUT2D eigenvalue weighted by molar-refractivity contribution is -0.375. The third kappa shape index (κ3) is 11.9. The minimum atomic E-state index is -1.70. The van der Waals surface area contributed by atoms with Crippen LogP contribution in [0.1, 0.15) is 70.6 Å². The van der Waals surface area contributed by atoms with Crippen LogP contribution in [-0.4, -0.2) is 109 Å². The molecule has 3 heterocycles. The Morgan fingerprint density at radius 2 is 0.889 bits per heavy atom. The fourth-order valence-electron chi connectivity index (χ4n) is 8.46. The van der Waals surface area contributed by atoms with E-state index in [4.69, 9.17) is 47.4 Å². The van der Waals surface area contributed by atoms with Gasteiger partial charge >= 0.3 is 29.8 Å². The summed E-state index contributed by atoms with van der Waals surface area (Å²) in [5, 5.41) is 0. The smallest absolute Gasteiger partial charge is 0.338 e. The average Bonchev–Trinajstić information content (AvgIpc) is 3.43. The molecule has 11 atom stereocenters. The van der Waals surface area contributed by atoms with Gasteiger partial charge in [0.05, 0.1) is 34.4 Å². The maximum Gasteiger partial charge on any atom is 0.338 e. The number of rotatable bonds is 16. The Kier molecular flexibility index (Phi) is 16.5. The van der Waals surface area contributed by atoms with E-state index >= 15 is 0 Å². The lowest BCUT2D eigenvalue weighted by atomic mass is 9.95. The molecule has 7 unspecified atom stereocenters. The highest BCUT2D eigenvalue weighted by Gasteiger charge is 2.58. The lowest BCUT2D eigenvalue weighted by Gasteiger charge is -2.50. The minimum absolute atomic E-state index is 0.124. The zero-order valence-electron chi connectivity index (χ0n) is 38.8. The predicted octanol–water partition coefficient (Wildman–Crippen LogP) is 8.45. The van der Waals surface area contributed by atoms with Crippen LogP contribution < -0.4 is 0 Å². The van der Waals surface area contributed by atoms with E-state index in [0.717, 1.165) is 0 Å². The molecule has 16 heteroatoms. The molecule has 370 valence electrons. The summed E-state index contributed by atoms with van der Waals surface area (Å²) in [5.74, 6) is -3.45. The first-order valence-corrected chi connectivity index (χ1v) is 24.4. The van der Waals surface area contributed by atoms with Crippen LogP contribution in [0.15, 0.2) is 182 Å². The highest BCUT2D eigenvalue weighted by molar-refractivity contribution is 7.99. The number of carbonyl (C=O) groups is 5. The molecule has 3 aliphatic rings. The number of thioether (sulfide) groups is 1. The second kappa shape index (κ2) is 23.8. The van der Waals surface area contributed by atoms with Crippen LogP contribution in [0, 0.1) is 0 Å². The lowest BCUT2D eigenvalue weighted by Crippen LogP contribution is -2.67. The minimum Gasteiger partial charge on any atom is -0.459 e. The number of hydrogen-bond acceptors (Lipinski definition) is 16. The van der Waals surface area contributed by atoms with E-state index in [-0.39, 0.29) is 34.4 Å². The first kappa shape index (κ1) is 49.8. The van der Waals surface area contributed by atoms with Gasteiger partial charge in [-0.25, -0.2) is 24.0 Å². The number of hydrogen-bond donors (Lipinski definition) is 0. The molecule has 0 spiro atoms. The fourth-order valence-corrected chi connectivity index (χ4v) is 9.41. The molecule has 3 aliphatic heterocycles. The molecule has 0 aliphatic carbocycles. The molecule has 6 aromatic carbocycles. The molecule has 3 saturated heterocycles. The highest BCUT2D eigenvalue weighted by atomic mass is 32.2. The molecular weight excluding hydrogens is 945 g/mol. The summed E-state index contributed by atoms with van der Waals surface area (Å²) in [4.78, 5) is 70.6. The van der Waals surface area contributed by atoms with Gasteiger partial charge in [-0.3, -0.25) is 0 Å². The van der Waals surface area contributed by atoms with E-state index in [2.05, 4.69) is 0 Å². The van der Waals surface area contributed by atoms with Crippen molar-refractivity contribution in [3.63, 3.8) is 0 Å². The van der Waals surface area contributed by atoms with Crippen molar-refractivity contribution < 1.29 is 71.3 Å². The van der Waals surface area contributed by atoms with Crippen LogP contribution in [0.5, 0.6) is 0 Å². The fraction of sp³-hybridized carbons (Fsp3) is 0.268. The topological polar surface area (TPSA) is 178 Å². The molecule has 0 aromatic heterocycles. The molecule has 3 fully saturated rings. The molecule has 6 aromatic rings. The Labute approximate surface area is 419 Å². The summed E-state index contributed by atoms with van der Waals surface area (Å²) in [6.07, 6.45) is -13.7. The second-order valence-electron chi connectivity index (χ2n) is 16.7. The van der Waals surface area contributed by atoms with Gasteiger partial charge in [0, 0.05) is 5.56 Å². The molecule has 0 N–H and O–H groups in total. The van der Waals surface area contributed by atoms with Crippen molar-refractivity contribution in [3.8, 4) is 0 Å². The Balaban J connectivity index is 1.15. The molecule has 0 saturated carbocycles. The molecule has 0 radical (unpaired) electrons. The average molecular weight is 995 g/mol. The van der Waals surface area contributed by atoms with Gasteiger partial charge in [0.2, 0.25) is 0 Å². The van der Waals surface area contributed by atoms with Gasteiger partial charge in [-0.1, -0.05) is 128 Å². The first-order chi connectivity index (χ1) is 35.2. The molecule has 72 heavy (non-hydrogen) atoms. The van der Waals surface area contributed by atoms with Gasteiger partial charge in [-0.2, -0.15) is 0 Å². The van der Waals surface area contributed by atoms with E-state index in [1.807, 2.05) is 37.3 Å². The summed E-state index contributed by atoms with van der Waals surface area (Å²) in [6.45, 7) is 1.26.